The number of rotatable bonds is 1. The molecule has 0 unspecified atom stereocenters. The van der Waals surface area contributed by atoms with Crippen LogP contribution in [0.25, 0.3) is 0 Å². The van der Waals surface area contributed by atoms with Crippen LogP contribution < -0.4 is 5.73 Å². The maximum absolute atomic E-state index is 5.18. The Morgan fingerprint density at radius 3 is 2.30 bits per heavy atom. The second-order valence-corrected chi connectivity index (χ2v) is 1.43. The van der Waals surface area contributed by atoms with Crippen LogP contribution in [0, 0.1) is 6.92 Å². The van der Waals surface area contributed by atoms with Crippen LogP contribution in [0.15, 0.2) is 4.52 Å². The molecule has 1 aromatic heterocycles. The average Bonchev–Trinajstić information content (AvgIpc) is 2.40. The van der Waals surface area contributed by atoms with E-state index in [4.69, 9.17) is 5.73 Å². The van der Waals surface area contributed by atoms with Crippen LogP contribution in [0.5, 0.6) is 0 Å². The van der Waals surface area contributed by atoms with Gasteiger partial charge in [-0.1, -0.05) is 19.0 Å². The smallest absolute Gasteiger partial charge is 0.223 e. The fourth-order valence-corrected chi connectivity index (χ4v) is 0.424. The van der Waals surface area contributed by atoms with Crippen molar-refractivity contribution in [3.05, 3.63) is 11.7 Å². The summed E-state index contributed by atoms with van der Waals surface area (Å²) in [5, 5.41) is 3.52. The molecule has 0 saturated heterocycles. The van der Waals surface area contributed by atoms with Gasteiger partial charge in [0.1, 0.15) is 0 Å². The lowest BCUT2D eigenvalue weighted by molar-refractivity contribution is 0.387. The molecule has 0 radical (unpaired) electrons. The fourth-order valence-electron chi connectivity index (χ4n) is 0.424. The molecule has 10 heavy (non-hydrogen) atoms. The summed E-state index contributed by atoms with van der Waals surface area (Å²) in [6.45, 7) is 6.07. The molecule has 0 aliphatic heterocycles. The highest BCUT2D eigenvalue weighted by Crippen LogP contribution is 1.91. The van der Waals surface area contributed by atoms with Crippen LogP contribution >= 0.6 is 0 Å². The molecule has 0 spiro atoms. The van der Waals surface area contributed by atoms with Crippen LogP contribution in [-0.2, 0) is 6.54 Å². The molecule has 2 N–H and O–H groups in total. The largest absolute Gasteiger partial charge is 0.340 e. The zero-order valence-electron chi connectivity index (χ0n) is 6.59. The molecule has 0 aliphatic carbocycles. The van der Waals surface area contributed by atoms with Crippen molar-refractivity contribution in [2.45, 2.75) is 27.3 Å². The second kappa shape index (κ2) is 4.93. The quantitative estimate of drug-likeness (QED) is 0.633. The molecule has 58 valence electrons. The standard InChI is InChI=1S/C4H7N3O.C2H6/c1-3-6-4(2-5)7-8-3;1-2/h2,5H2,1H3;1-2H3. The van der Waals surface area contributed by atoms with Crippen LogP contribution in [0.4, 0.5) is 0 Å². The monoisotopic (exact) mass is 143 g/mol. The number of nitrogens with zero attached hydrogens (tertiary/aromatic N) is 2. The SMILES string of the molecule is CC.Cc1nc(CN)no1. The molecule has 0 fully saturated rings. The summed E-state index contributed by atoms with van der Waals surface area (Å²) in [6, 6.07) is 0. The van der Waals surface area contributed by atoms with Gasteiger partial charge in [0.05, 0.1) is 6.54 Å². The summed E-state index contributed by atoms with van der Waals surface area (Å²) < 4.78 is 4.61. The third kappa shape index (κ3) is 2.59. The maximum atomic E-state index is 5.18. The maximum Gasteiger partial charge on any atom is 0.223 e. The van der Waals surface area contributed by atoms with E-state index in [0.717, 1.165) is 0 Å². The van der Waals surface area contributed by atoms with E-state index in [1.807, 2.05) is 13.8 Å². The van der Waals surface area contributed by atoms with E-state index in [1.165, 1.54) is 0 Å². The number of aryl methyl sites for hydroxylation is 1. The molecule has 1 rings (SSSR count). The van der Waals surface area contributed by atoms with Gasteiger partial charge in [0.25, 0.3) is 0 Å². The molecule has 0 bridgehead atoms. The average molecular weight is 143 g/mol. The Balaban J connectivity index is 0.000000371. The molecule has 0 aliphatic rings. The number of nitrogens with two attached hydrogens (primary N) is 1. The van der Waals surface area contributed by atoms with Gasteiger partial charge in [0.15, 0.2) is 5.82 Å². The van der Waals surface area contributed by atoms with Gasteiger partial charge in [-0.05, 0) is 0 Å². The molecule has 1 heterocycles. The summed E-state index contributed by atoms with van der Waals surface area (Å²) in [4.78, 5) is 3.83. The van der Waals surface area contributed by atoms with Gasteiger partial charge in [0, 0.05) is 6.92 Å². The Labute approximate surface area is 60.4 Å². The summed E-state index contributed by atoms with van der Waals surface area (Å²) in [7, 11) is 0. The molecule has 4 heteroatoms. The fraction of sp³-hybridized carbons (Fsp3) is 0.667. The summed E-state index contributed by atoms with van der Waals surface area (Å²) >= 11 is 0. The first-order valence-corrected chi connectivity index (χ1v) is 3.32. The Morgan fingerprint density at radius 2 is 2.10 bits per heavy atom. The summed E-state index contributed by atoms with van der Waals surface area (Å²) in [6.07, 6.45) is 0. The first-order chi connectivity index (χ1) is 4.83. The van der Waals surface area contributed by atoms with Crippen LogP contribution in [0.3, 0.4) is 0 Å². The third-order valence-corrected chi connectivity index (χ3v) is 0.752. The normalized spacial score (nSPS) is 8.40. The minimum atomic E-state index is 0.345. The van der Waals surface area contributed by atoms with E-state index >= 15 is 0 Å². The van der Waals surface area contributed by atoms with Crippen molar-refractivity contribution in [1.29, 1.82) is 0 Å². The summed E-state index contributed by atoms with van der Waals surface area (Å²) in [5.41, 5.74) is 5.18. The van der Waals surface area contributed by atoms with Crippen molar-refractivity contribution in [2.75, 3.05) is 0 Å². The Bertz CT molecular complexity index is 173. The van der Waals surface area contributed by atoms with Crippen molar-refractivity contribution < 1.29 is 4.52 Å². The van der Waals surface area contributed by atoms with Crippen LogP contribution in [-0.4, -0.2) is 10.1 Å². The van der Waals surface area contributed by atoms with Crippen molar-refractivity contribution in [1.82, 2.24) is 10.1 Å². The molecule has 0 aromatic carbocycles. The van der Waals surface area contributed by atoms with E-state index in [2.05, 4.69) is 14.7 Å². The lowest BCUT2D eigenvalue weighted by atomic mass is 10.6. The Hall–Kier alpha value is -0.900. The minimum Gasteiger partial charge on any atom is -0.340 e. The van der Waals surface area contributed by atoms with E-state index < -0.39 is 0 Å². The van der Waals surface area contributed by atoms with Crippen LogP contribution in [0.1, 0.15) is 25.6 Å². The number of hydrogen-bond donors (Lipinski definition) is 1. The van der Waals surface area contributed by atoms with Gasteiger partial charge in [-0.15, -0.1) is 0 Å². The molecule has 0 saturated carbocycles. The number of aromatic nitrogens is 2. The first-order valence-electron chi connectivity index (χ1n) is 3.32. The zero-order valence-corrected chi connectivity index (χ0v) is 6.59. The van der Waals surface area contributed by atoms with Crippen molar-refractivity contribution >= 4 is 0 Å². The van der Waals surface area contributed by atoms with E-state index in [1.54, 1.807) is 6.92 Å². The molecular weight excluding hydrogens is 130 g/mol. The topological polar surface area (TPSA) is 64.9 Å². The molecule has 0 atom stereocenters. The number of hydrogen-bond acceptors (Lipinski definition) is 4. The van der Waals surface area contributed by atoms with Gasteiger partial charge in [0.2, 0.25) is 5.89 Å². The first kappa shape index (κ1) is 9.10. The van der Waals surface area contributed by atoms with Crippen molar-refractivity contribution in [2.24, 2.45) is 5.73 Å². The van der Waals surface area contributed by atoms with Crippen LogP contribution in [0.2, 0.25) is 0 Å². The molecule has 1 aromatic rings. The lowest BCUT2D eigenvalue weighted by Gasteiger charge is -1.74. The highest BCUT2D eigenvalue weighted by molar-refractivity contribution is 4.81. The highest BCUT2D eigenvalue weighted by atomic mass is 16.5. The second-order valence-electron chi connectivity index (χ2n) is 1.43. The predicted octanol–water partition coefficient (Wildman–Crippen LogP) is 0.863. The molecule has 0 amide bonds. The molecule has 4 nitrogen and oxygen atoms in total. The minimum absolute atomic E-state index is 0.345. The van der Waals surface area contributed by atoms with Gasteiger partial charge in [-0.2, -0.15) is 4.98 Å². The van der Waals surface area contributed by atoms with Gasteiger partial charge >= 0.3 is 0 Å². The van der Waals surface area contributed by atoms with E-state index in [9.17, 15) is 0 Å². The Morgan fingerprint density at radius 1 is 1.50 bits per heavy atom. The van der Waals surface area contributed by atoms with E-state index in [-0.39, 0.29) is 0 Å². The molecular formula is C6H13N3O. The van der Waals surface area contributed by atoms with Gasteiger partial charge in [-0.3, -0.25) is 0 Å². The highest BCUT2D eigenvalue weighted by Gasteiger charge is 1.95. The third-order valence-electron chi connectivity index (χ3n) is 0.752. The predicted molar refractivity (Wildman–Crippen MR) is 38.3 cm³/mol. The van der Waals surface area contributed by atoms with E-state index in [0.29, 0.717) is 18.3 Å². The lowest BCUT2D eigenvalue weighted by Crippen LogP contribution is -1.97. The van der Waals surface area contributed by atoms with Gasteiger partial charge in [-0.25, -0.2) is 0 Å². The van der Waals surface area contributed by atoms with Gasteiger partial charge < -0.3 is 10.3 Å². The summed E-state index contributed by atoms with van der Waals surface area (Å²) in [5.74, 6) is 1.12. The van der Waals surface area contributed by atoms with Crippen molar-refractivity contribution in [3.63, 3.8) is 0 Å². The van der Waals surface area contributed by atoms with Crippen molar-refractivity contribution in [3.8, 4) is 0 Å². The Kier molecular flexibility index (Phi) is 4.49. The zero-order chi connectivity index (χ0) is 7.98.